The van der Waals surface area contributed by atoms with Gasteiger partial charge in [-0.2, -0.15) is 0 Å². The van der Waals surface area contributed by atoms with Gasteiger partial charge in [0.1, 0.15) is 11.9 Å². The van der Waals surface area contributed by atoms with Gasteiger partial charge in [0.25, 0.3) is 0 Å². The maximum Gasteiger partial charge on any atom is 0.326 e. The number of carbonyl (C=O) groups excluding carboxylic acids is 2. The number of likely N-dealkylation sites (tertiary alicyclic amines) is 2. The van der Waals surface area contributed by atoms with Crippen LogP contribution in [-0.4, -0.2) is 83.0 Å². The van der Waals surface area contributed by atoms with Gasteiger partial charge in [0.15, 0.2) is 0 Å². The Bertz CT molecular complexity index is 1020. The molecule has 0 bridgehead atoms. The number of hydrogen-bond acceptors (Lipinski definition) is 6. The van der Waals surface area contributed by atoms with Crippen LogP contribution in [-0.2, 0) is 27.2 Å². The molecule has 3 aliphatic heterocycles. The number of aryl methyl sites for hydroxylation is 2. The van der Waals surface area contributed by atoms with Crippen molar-refractivity contribution in [2.75, 3.05) is 44.6 Å². The number of rotatable bonds is 10. The van der Waals surface area contributed by atoms with E-state index in [0.717, 1.165) is 69.7 Å². The van der Waals surface area contributed by atoms with E-state index in [1.165, 1.54) is 12.0 Å². The molecule has 2 saturated heterocycles. The maximum atomic E-state index is 13.0. The van der Waals surface area contributed by atoms with Crippen LogP contribution < -0.4 is 10.6 Å². The number of carboxylic acid groups (broad SMARTS) is 1. The van der Waals surface area contributed by atoms with Crippen molar-refractivity contribution < 1.29 is 19.5 Å². The Morgan fingerprint density at radius 3 is 2.74 bits per heavy atom. The van der Waals surface area contributed by atoms with Gasteiger partial charge >= 0.3 is 5.97 Å². The molecule has 3 N–H and O–H groups in total. The molecule has 2 fully saturated rings. The highest BCUT2D eigenvalue weighted by Gasteiger charge is 2.35. The Labute approximate surface area is 233 Å². The van der Waals surface area contributed by atoms with E-state index in [4.69, 9.17) is 4.98 Å². The van der Waals surface area contributed by atoms with Crippen LogP contribution in [0.1, 0.15) is 77.0 Å². The predicted molar refractivity (Wildman–Crippen MR) is 151 cm³/mol. The summed E-state index contributed by atoms with van der Waals surface area (Å²) in [4.78, 5) is 46.5. The van der Waals surface area contributed by atoms with Crippen LogP contribution in [0.4, 0.5) is 5.82 Å². The number of nitrogens with zero attached hydrogens (tertiary/aromatic N) is 3. The van der Waals surface area contributed by atoms with Crippen LogP contribution in [0.2, 0.25) is 0 Å². The first-order valence-corrected chi connectivity index (χ1v) is 14.9. The second kappa shape index (κ2) is 13.1. The SMILES string of the molecule is CC(C)(C)C(=O)N1CCC[C@@H](C(=O)N[C@@H](CCN2CC[C@@H](CCCc3ccc4c(n3)NCCC4)C2)C(=O)O)C1. The molecular formula is C30H47N5O4. The van der Waals surface area contributed by atoms with Crippen LogP contribution in [0.5, 0.6) is 0 Å². The van der Waals surface area contributed by atoms with Crippen molar-refractivity contribution in [3.63, 3.8) is 0 Å². The molecule has 1 aromatic rings. The van der Waals surface area contributed by atoms with Crippen molar-refractivity contribution in [3.8, 4) is 0 Å². The summed E-state index contributed by atoms with van der Waals surface area (Å²) in [6.45, 7) is 10.3. The highest BCUT2D eigenvalue weighted by molar-refractivity contribution is 5.86. The van der Waals surface area contributed by atoms with Crippen molar-refractivity contribution in [3.05, 3.63) is 23.4 Å². The number of carbonyl (C=O) groups is 3. The van der Waals surface area contributed by atoms with E-state index in [1.54, 1.807) is 4.90 Å². The smallest absolute Gasteiger partial charge is 0.326 e. The van der Waals surface area contributed by atoms with Crippen molar-refractivity contribution in [2.45, 2.75) is 84.6 Å². The fourth-order valence-electron chi connectivity index (χ4n) is 6.14. The van der Waals surface area contributed by atoms with E-state index >= 15 is 0 Å². The number of aromatic nitrogens is 1. The average Bonchev–Trinajstić information content (AvgIpc) is 3.37. The highest BCUT2D eigenvalue weighted by atomic mass is 16.4. The fraction of sp³-hybridized carbons (Fsp3) is 0.733. The second-order valence-electron chi connectivity index (χ2n) is 12.7. The van der Waals surface area contributed by atoms with Crippen molar-refractivity contribution in [1.82, 2.24) is 20.1 Å². The minimum Gasteiger partial charge on any atom is -0.480 e. The minimum absolute atomic E-state index is 0.0364. The average molecular weight is 542 g/mol. The van der Waals surface area contributed by atoms with Gasteiger partial charge < -0.3 is 25.5 Å². The molecule has 216 valence electrons. The Hall–Kier alpha value is -2.68. The third-order valence-electron chi connectivity index (χ3n) is 8.44. The number of hydrogen-bond donors (Lipinski definition) is 3. The van der Waals surface area contributed by atoms with Crippen molar-refractivity contribution in [2.24, 2.45) is 17.3 Å². The number of amides is 2. The van der Waals surface area contributed by atoms with E-state index in [1.807, 2.05) is 20.8 Å². The number of piperidine rings is 1. The molecule has 0 saturated carbocycles. The van der Waals surface area contributed by atoms with Crippen LogP contribution in [0.3, 0.4) is 0 Å². The second-order valence-corrected chi connectivity index (χ2v) is 12.7. The molecule has 9 nitrogen and oxygen atoms in total. The van der Waals surface area contributed by atoms with Gasteiger partial charge in [0.2, 0.25) is 11.8 Å². The maximum absolute atomic E-state index is 13.0. The van der Waals surface area contributed by atoms with E-state index in [-0.39, 0.29) is 17.7 Å². The number of carboxylic acids is 1. The molecule has 4 heterocycles. The molecule has 3 aliphatic rings. The zero-order chi connectivity index (χ0) is 28.0. The molecule has 0 spiro atoms. The van der Waals surface area contributed by atoms with Crippen LogP contribution in [0, 0.1) is 17.3 Å². The van der Waals surface area contributed by atoms with E-state index in [0.29, 0.717) is 38.4 Å². The number of anilines is 1. The van der Waals surface area contributed by atoms with Crippen molar-refractivity contribution in [1.29, 1.82) is 0 Å². The lowest BCUT2D eigenvalue weighted by atomic mass is 9.90. The Morgan fingerprint density at radius 2 is 1.97 bits per heavy atom. The number of aliphatic carboxylic acids is 1. The molecular weight excluding hydrogens is 494 g/mol. The van der Waals surface area contributed by atoms with E-state index < -0.39 is 17.4 Å². The summed E-state index contributed by atoms with van der Waals surface area (Å²) in [5.74, 6) is 0.110. The lowest BCUT2D eigenvalue weighted by molar-refractivity contribution is -0.146. The summed E-state index contributed by atoms with van der Waals surface area (Å²) >= 11 is 0. The zero-order valence-electron chi connectivity index (χ0n) is 24.0. The molecule has 3 atom stereocenters. The number of fused-ring (bicyclic) bond motifs is 1. The first-order valence-electron chi connectivity index (χ1n) is 14.9. The summed E-state index contributed by atoms with van der Waals surface area (Å²) < 4.78 is 0. The highest BCUT2D eigenvalue weighted by Crippen LogP contribution is 2.25. The molecule has 1 aromatic heterocycles. The summed E-state index contributed by atoms with van der Waals surface area (Å²) in [5.41, 5.74) is 1.98. The van der Waals surface area contributed by atoms with Crippen LogP contribution >= 0.6 is 0 Å². The fourth-order valence-corrected chi connectivity index (χ4v) is 6.14. The molecule has 0 unspecified atom stereocenters. The quantitative estimate of drug-likeness (QED) is 0.416. The first-order chi connectivity index (χ1) is 18.6. The van der Waals surface area contributed by atoms with Gasteiger partial charge in [-0.1, -0.05) is 26.8 Å². The minimum atomic E-state index is -0.996. The van der Waals surface area contributed by atoms with E-state index in [2.05, 4.69) is 27.7 Å². The zero-order valence-corrected chi connectivity index (χ0v) is 24.0. The van der Waals surface area contributed by atoms with E-state index in [9.17, 15) is 19.5 Å². The Morgan fingerprint density at radius 1 is 1.15 bits per heavy atom. The van der Waals surface area contributed by atoms with Gasteiger partial charge in [-0.25, -0.2) is 9.78 Å². The normalized spacial score (nSPS) is 22.6. The van der Waals surface area contributed by atoms with Crippen LogP contribution in [0.15, 0.2) is 12.1 Å². The van der Waals surface area contributed by atoms with Gasteiger partial charge in [-0.05, 0) is 81.9 Å². The summed E-state index contributed by atoms with van der Waals surface area (Å²) in [6, 6.07) is 3.48. The predicted octanol–water partition coefficient (Wildman–Crippen LogP) is 3.33. The molecule has 39 heavy (non-hydrogen) atoms. The molecule has 9 heteroatoms. The summed E-state index contributed by atoms with van der Waals surface area (Å²) in [6.07, 6.45) is 8.46. The topological polar surface area (TPSA) is 115 Å². The molecule has 4 rings (SSSR count). The van der Waals surface area contributed by atoms with Gasteiger partial charge in [0.05, 0.1) is 5.92 Å². The monoisotopic (exact) mass is 541 g/mol. The molecule has 0 aromatic carbocycles. The Balaban J connectivity index is 1.18. The van der Waals surface area contributed by atoms with Gasteiger partial charge in [-0.15, -0.1) is 0 Å². The molecule has 0 radical (unpaired) electrons. The largest absolute Gasteiger partial charge is 0.480 e. The van der Waals surface area contributed by atoms with Crippen LogP contribution in [0.25, 0.3) is 0 Å². The third-order valence-corrected chi connectivity index (χ3v) is 8.44. The first kappa shape index (κ1) is 29.3. The summed E-state index contributed by atoms with van der Waals surface area (Å²) in [7, 11) is 0. The van der Waals surface area contributed by atoms with Gasteiger partial charge in [-0.3, -0.25) is 9.59 Å². The lowest BCUT2D eigenvalue weighted by Crippen LogP contribution is -2.51. The number of nitrogens with one attached hydrogen (secondary N) is 2. The van der Waals surface area contributed by atoms with Gasteiger partial charge in [0, 0.05) is 43.8 Å². The molecule has 0 aliphatic carbocycles. The molecule has 2 amide bonds. The Kier molecular flexibility index (Phi) is 9.86. The number of pyridine rings is 1. The summed E-state index contributed by atoms with van der Waals surface area (Å²) in [5, 5.41) is 16.0. The van der Waals surface area contributed by atoms with Crippen molar-refractivity contribution >= 4 is 23.6 Å². The standard InChI is InChI=1S/C30H47N5O4/c1-30(2,3)29(39)35-16-6-9-23(20-35)27(36)33-25(28(37)38)14-18-34-17-13-21(19-34)7-4-10-24-12-11-22-8-5-15-31-26(22)32-24/h11-12,21,23,25H,4-10,13-20H2,1-3H3,(H,31,32)(H,33,36)(H,37,38)/t21-,23-,25+/m1/s1. The lowest BCUT2D eigenvalue weighted by Gasteiger charge is -2.36. The third kappa shape index (κ3) is 8.16.